The van der Waals surface area contributed by atoms with Crippen LogP contribution in [0.25, 0.3) is 27.9 Å². The van der Waals surface area contributed by atoms with Crippen molar-refractivity contribution in [1.29, 1.82) is 0 Å². The van der Waals surface area contributed by atoms with Crippen LogP contribution in [0.5, 0.6) is 0 Å². The average molecular weight is 484 g/mol. The van der Waals surface area contributed by atoms with Gasteiger partial charge in [0.2, 0.25) is 0 Å². The Morgan fingerprint density at radius 1 is 1.12 bits per heavy atom. The number of benzene rings is 2. The number of ether oxygens (including phenoxy) is 1. The predicted molar refractivity (Wildman–Crippen MR) is 130 cm³/mol. The minimum atomic E-state index is -0.430. The Bertz CT molecular complexity index is 1310. The van der Waals surface area contributed by atoms with Gasteiger partial charge >= 0.3 is 5.97 Å². The molecule has 33 heavy (non-hydrogen) atoms. The SMILES string of the molecule is O=C(Cc1oc2ccccc2c2nn(-c3ccc(Cl)cc3)c(=O)c1-2)OCCN1CCSCC1. The van der Waals surface area contributed by atoms with E-state index in [1.165, 1.54) is 4.68 Å². The molecule has 0 radical (unpaired) electrons. The standard InChI is InChI=1S/C24H22ClN3O4S/c25-16-5-7-17(8-6-16)28-24(30)22-20(32-19-4-2-1-3-18(19)23(22)26-28)15-21(29)31-12-9-27-10-13-33-14-11-27/h1-8H,9-15H2. The Balaban J connectivity index is 1.45. The van der Waals surface area contributed by atoms with Crippen LogP contribution in [0.3, 0.4) is 0 Å². The van der Waals surface area contributed by atoms with Gasteiger partial charge in [0, 0.05) is 41.5 Å². The average Bonchev–Trinajstić information content (AvgIpc) is 3.18. The number of carbonyl (C=O) groups is 1. The Labute approximate surface area is 199 Å². The van der Waals surface area contributed by atoms with Crippen molar-refractivity contribution >= 4 is 40.3 Å². The highest BCUT2D eigenvalue weighted by molar-refractivity contribution is 7.99. The van der Waals surface area contributed by atoms with Crippen molar-refractivity contribution in [2.75, 3.05) is 37.7 Å². The first kappa shape index (κ1) is 22.0. The zero-order valence-electron chi connectivity index (χ0n) is 17.8. The molecule has 2 aromatic carbocycles. The summed E-state index contributed by atoms with van der Waals surface area (Å²) in [6.07, 6.45) is -0.140. The molecule has 7 nitrogen and oxygen atoms in total. The van der Waals surface area contributed by atoms with Gasteiger partial charge in [0.05, 0.1) is 5.69 Å². The predicted octanol–water partition coefficient (Wildman–Crippen LogP) is 3.87. The van der Waals surface area contributed by atoms with Crippen LogP contribution < -0.4 is 5.56 Å². The first-order valence-electron chi connectivity index (χ1n) is 10.8. The van der Waals surface area contributed by atoms with Gasteiger partial charge in [-0.2, -0.15) is 21.5 Å². The summed E-state index contributed by atoms with van der Waals surface area (Å²) in [5, 5.41) is 5.84. The number of hydrogen-bond donors (Lipinski definition) is 0. The van der Waals surface area contributed by atoms with E-state index in [1.807, 2.05) is 30.0 Å². The smallest absolute Gasteiger partial charge is 0.313 e. The number of nitrogens with zero attached hydrogens (tertiary/aromatic N) is 3. The van der Waals surface area contributed by atoms with Crippen molar-refractivity contribution in [2.24, 2.45) is 0 Å². The van der Waals surface area contributed by atoms with Gasteiger partial charge in [-0.15, -0.1) is 0 Å². The number of para-hydroxylation sites is 1. The highest BCUT2D eigenvalue weighted by Gasteiger charge is 2.27. The molecule has 0 unspecified atom stereocenters. The molecule has 0 aromatic heterocycles. The molecule has 0 amide bonds. The first-order valence-corrected chi connectivity index (χ1v) is 12.3. The van der Waals surface area contributed by atoms with Gasteiger partial charge in [-0.25, -0.2) is 0 Å². The summed E-state index contributed by atoms with van der Waals surface area (Å²) in [4.78, 5) is 28.2. The molecular weight excluding hydrogens is 462 g/mol. The maximum absolute atomic E-state index is 13.3. The Morgan fingerprint density at radius 2 is 1.88 bits per heavy atom. The lowest BCUT2D eigenvalue weighted by Gasteiger charge is -2.25. The van der Waals surface area contributed by atoms with Gasteiger partial charge in [0.25, 0.3) is 5.56 Å². The zero-order chi connectivity index (χ0) is 22.8. The first-order chi connectivity index (χ1) is 16.1. The van der Waals surface area contributed by atoms with E-state index in [1.54, 1.807) is 30.3 Å². The monoisotopic (exact) mass is 483 g/mol. The van der Waals surface area contributed by atoms with Gasteiger partial charge < -0.3 is 9.15 Å². The summed E-state index contributed by atoms with van der Waals surface area (Å²) in [7, 11) is 0. The lowest BCUT2D eigenvalue weighted by molar-refractivity contribution is -0.143. The summed E-state index contributed by atoms with van der Waals surface area (Å²) in [5.41, 5.74) is 1.56. The molecule has 0 N–H and O–H groups in total. The van der Waals surface area contributed by atoms with Crippen molar-refractivity contribution < 1.29 is 13.9 Å². The lowest BCUT2D eigenvalue weighted by atomic mass is 10.1. The van der Waals surface area contributed by atoms with E-state index in [2.05, 4.69) is 10.00 Å². The van der Waals surface area contributed by atoms with Crippen LogP contribution in [0, 0.1) is 0 Å². The second-order valence-corrected chi connectivity index (χ2v) is 9.45. The van der Waals surface area contributed by atoms with Crippen LogP contribution in [-0.2, 0) is 16.0 Å². The van der Waals surface area contributed by atoms with E-state index in [4.69, 9.17) is 20.8 Å². The second-order valence-electron chi connectivity index (χ2n) is 7.79. The summed E-state index contributed by atoms with van der Waals surface area (Å²) in [6, 6.07) is 14.2. The van der Waals surface area contributed by atoms with Gasteiger partial charge in [0.15, 0.2) is 0 Å². The normalized spacial score (nSPS) is 14.7. The number of esters is 1. The maximum Gasteiger partial charge on any atom is 0.313 e. The summed E-state index contributed by atoms with van der Waals surface area (Å²) in [6.45, 7) is 3.03. The summed E-state index contributed by atoms with van der Waals surface area (Å²) >= 11 is 7.93. The minimum Gasteiger partial charge on any atom is -0.464 e. The minimum absolute atomic E-state index is 0.140. The molecule has 0 saturated carbocycles. The summed E-state index contributed by atoms with van der Waals surface area (Å²) < 4.78 is 12.8. The third-order valence-corrected chi connectivity index (χ3v) is 6.84. The molecule has 0 bridgehead atoms. The van der Waals surface area contributed by atoms with Crippen LogP contribution in [0.15, 0.2) is 57.7 Å². The van der Waals surface area contributed by atoms with Crippen LogP contribution in [-0.4, -0.2) is 58.4 Å². The molecule has 5 rings (SSSR count). The fraction of sp³-hybridized carbons (Fsp3) is 0.292. The molecule has 1 saturated heterocycles. The molecule has 3 heterocycles. The third kappa shape index (κ3) is 4.64. The van der Waals surface area contributed by atoms with Crippen LogP contribution in [0.4, 0.5) is 0 Å². The van der Waals surface area contributed by atoms with E-state index in [-0.39, 0.29) is 23.3 Å². The number of rotatable bonds is 6. The van der Waals surface area contributed by atoms with Crippen molar-refractivity contribution in [1.82, 2.24) is 14.7 Å². The molecular formula is C24H22ClN3O4S. The van der Waals surface area contributed by atoms with Crippen molar-refractivity contribution in [3.05, 3.63) is 69.7 Å². The highest BCUT2D eigenvalue weighted by atomic mass is 35.5. The number of thioether (sulfide) groups is 1. The number of carbonyl (C=O) groups excluding carboxylic acids is 1. The molecule has 170 valence electrons. The molecule has 0 atom stereocenters. The number of fused-ring (bicyclic) bond motifs is 3. The van der Waals surface area contributed by atoms with Crippen LogP contribution in [0.1, 0.15) is 5.76 Å². The van der Waals surface area contributed by atoms with E-state index in [0.717, 1.165) is 24.6 Å². The second kappa shape index (κ2) is 9.59. The summed E-state index contributed by atoms with van der Waals surface area (Å²) in [5.74, 6) is 2.03. The third-order valence-electron chi connectivity index (χ3n) is 5.65. The Morgan fingerprint density at radius 3 is 2.67 bits per heavy atom. The lowest BCUT2D eigenvalue weighted by Crippen LogP contribution is -2.35. The van der Waals surface area contributed by atoms with Gasteiger partial charge in [0.1, 0.15) is 35.6 Å². The molecule has 0 aliphatic carbocycles. The van der Waals surface area contributed by atoms with E-state index in [0.29, 0.717) is 40.5 Å². The topological polar surface area (TPSA) is 77.6 Å². The molecule has 1 fully saturated rings. The zero-order valence-corrected chi connectivity index (χ0v) is 19.4. The number of halogens is 1. The molecule has 3 aliphatic rings. The van der Waals surface area contributed by atoms with Gasteiger partial charge in [-0.1, -0.05) is 23.7 Å². The molecule has 2 aromatic rings. The number of hydrogen-bond acceptors (Lipinski definition) is 7. The Kier molecular flexibility index (Phi) is 6.39. The van der Waals surface area contributed by atoms with Crippen molar-refractivity contribution in [2.45, 2.75) is 6.42 Å². The largest absolute Gasteiger partial charge is 0.464 e. The Hall–Kier alpha value is -2.81. The maximum atomic E-state index is 13.3. The number of aromatic nitrogens is 2. The van der Waals surface area contributed by atoms with Crippen molar-refractivity contribution in [3.8, 4) is 16.9 Å². The molecule has 3 aliphatic heterocycles. The van der Waals surface area contributed by atoms with Crippen LogP contribution >= 0.6 is 23.4 Å². The van der Waals surface area contributed by atoms with Gasteiger partial charge in [-0.05, 0) is 36.4 Å². The molecule has 9 heteroatoms. The quantitative estimate of drug-likeness (QED) is 0.385. The molecule has 0 spiro atoms. The van der Waals surface area contributed by atoms with Crippen molar-refractivity contribution in [3.63, 3.8) is 0 Å². The highest BCUT2D eigenvalue weighted by Crippen LogP contribution is 2.32. The fourth-order valence-electron chi connectivity index (χ4n) is 3.95. The van der Waals surface area contributed by atoms with Crippen LogP contribution in [0.2, 0.25) is 5.02 Å². The fourth-order valence-corrected chi connectivity index (χ4v) is 5.06. The van der Waals surface area contributed by atoms with E-state index >= 15 is 0 Å². The van der Waals surface area contributed by atoms with E-state index in [9.17, 15) is 9.59 Å². The van der Waals surface area contributed by atoms with E-state index < -0.39 is 5.97 Å². The van der Waals surface area contributed by atoms with Gasteiger partial charge in [-0.3, -0.25) is 14.5 Å².